The zero-order chi connectivity index (χ0) is 19.0. The molecule has 1 spiro atoms. The molecular formula is C19H26ClN5O3. The van der Waals surface area contributed by atoms with Crippen LogP contribution in [0.15, 0.2) is 24.5 Å². The molecule has 2 aliphatic heterocycles. The van der Waals surface area contributed by atoms with Crippen molar-refractivity contribution in [2.24, 2.45) is 0 Å². The SMILES string of the molecule is CC(C(=O)N1CCNCC1c1cccnc1)N1C(=O)NC2(CCCC2)C1=O.Cl. The third-order valence-electron chi connectivity index (χ3n) is 5.99. The first-order valence-corrected chi connectivity index (χ1v) is 9.60. The Morgan fingerprint density at radius 2 is 2.07 bits per heavy atom. The number of nitrogens with one attached hydrogen (secondary N) is 2. The van der Waals surface area contributed by atoms with E-state index in [0.717, 1.165) is 23.3 Å². The quantitative estimate of drug-likeness (QED) is 0.735. The number of aromatic nitrogens is 1. The van der Waals surface area contributed by atoms with Gasteiger partial charge in [-0.2, -0.15) is 0 Å². The van der Waals surface area contributed by atoms with Crippen molar-refractivity contribution in [3.63, 3.8) is 0 Å². The van der Waals surface area contributed by atoms with Crippen LogP contribution in [-0.4, -0.2) is 63.8 Å². The van der Waals surface area contributed by atoms with E-state index < -0.39 is 17.6 Å². The number of carbonyl (C=O) groups excluding carboxylic acids is 3. The fraction of sp³-hybridized carbons (Fsp3) is 0.579. The number of hydrogen-bond acceptors (Lipinski definition) is 5. The van der Waals surface area contributed by atoms with Gasteiger partial charge in [-0.3, -0.25) is 14.6 Å². The molecule has 3 fully saturated rings. The number of rotatable bonds is 3. The molecule has 1 aromatic heterocycles. The molecular weight excluding hydrogens is 382 g/mol. The highest BCUT2D eigenvalue weighted by Gasteiger charge is 2.55. The van der Waals surface area contributed by atoms with E-state index in [1.165, 1.54) is 0 Å². The molecule has 9 heteroatoms. The van der Waals surface area contributed by atoms with Gasteiger partial charge in [0.25, 0.3) is 5.91 Å². The van der Waals surface area contributed by atoms with Crippen molar-refractivity contribution in [2.45, 2.75) is 50.2 Å². The van der Waals surface area contributed by atoms with E-state index in [-0.39, 0.29) is 30.3 Å². The smallest absolute Gasteiger partial charge is 0.325 e. The molecule has 1 aromatic rings. The van der Waals surface area contributed by atoms with Gasteiger partial charge in [-0.1, -0.05) is 18.9 Å². The van der Waals surface area contributed by atoms with Crippen LogP contribution >= 0.6 is 12.4 Å². The summed E-state index contributed by atoms with van der Waals surface area (Å²) in [6.07, 6.45) is 6.60. The van der Waals surface area contributed by atoms with Crippen LogP contribution in [0.25, 0.3) is 0 Å². The lowest BCUT2D eigenvalue weighted by molar-refractivity contribution is -0.145. The second-order valence-corrected chi connectivity index (χ2v) is 7.61. The Labute approximate surface area is 170 Å². The van der Waals surface area contributed by atoms with Crippen LogP contribution in [0.4, 0.5) is 4.79 Å². The minimum Gasteiger partial charge on any atom is -0.331 e. The Kier molecular flexibility index (Phi) is 5.90. The lowest BCUT2D eigenvalue weighted by atomic mass is 9.97. The third-order valence-corrected chi connectivity index (χ3v) is 5.99. The van der Waals surface area contributed by atoms with Crippen LogP contribution in [0.3, 0.4) is 0 Å². The summed E-state index contributed by atoms with van der Waals surface area (Å²) in [5.41, 5.74) is 0.146. The summed E-state index contributed by atoms with van der Waals surface area (Å²) < 4.78 is 0. The van der Waals surface area contributed by atoms with E-state index in [0.29, 0.717) is 32.5 Å². The Morgan fingerprint density at radius 1 is 1.32 bits per heavy atom. The minimum atomic E-state index is -0.824. The van der Waals surface area contributed by atoms with E-state index in [2.05, 4.69) is 15.6 Å². The van der Waals surface area contributed by atoms with Crippen LogP contribution in [0.1, 0.15) is 44.2 Å². The van der Waals surface area contributed by atoms with Gasteiger partial charge < -0.3 is 15.5 Å². The average molecular weight is 408 g/mol. The number of halogens is 1. The van der Waals surface area contributed by atoms with Crippen LogP contribution < -0.4 is 10.6 Å². The summed E-state index contributed by atoms with van der Waals surface area (Å²) in [5.74, 6) is -0.456. The summed E-state index contributed by atoms with van der Waals surface area (Å²) in [6, 6.07) is 2.35. The molecule has 28 heavy (non-hydrogen) atoms. The number of carbonyl (C=O) groups is 3. The first kappa shape index (κ1) is 20.5. The molecule has 4 rings (SSSR count). The first-order valence-electron chi connectivity index (χ1n) is 9.60. The van der Waals surface area contributed by atoms with Gasteiger partial charge in [-0.15, -0.1) is 12.4 Å². The monoisotopic (exact) mass is 407 g/mol. The van der Waals surface area contributed by atoms with Crippen molar-refractivity contribution in [1.29, 1.82) is 0 Å². The lowest BCUT2D eigenvalue weighted by Crippen LogP contribution is -2.56. The third kappa shape index (κ3) is 3.35. The summed E-state index contributed by atoms with van der Waals surface area (Å²) >= 11 is 0. The average Bonchev–Trinajstić information content (AvgIpc) is 3.26. The van der Waals surface area contributed by atoms with Gasteiger partial charge in [0.1, 0.15) is 11.6 Å². The van der Waals surface area contributed by atoms with Crippen molar-refractivity contribution in [1.82, 2.24) is 25.4 Å². The number of piperazine rings is 1. The Morgan fingerprint density at radius 3 is 2.75 bits per heavy atom. The fourth-order valence-corrected chi connectivity index (χ4v) is 4.50. The van der Waals surface area contributed by atoms with Gasteiger partial charge in [0.05, 0.1) is 6.04 Å². The predicted molar refractivity (Wildman–Crippen MR) is 105 cm³/mol. The maximum atomic E-state index is 13.3. The molecule has 1 saturated carbocycles. The molecule has 0 aromatic carbocycles. The predicted octanol–water partition coefficient (Wildman–Crippen LogP) is 1.23. The number of amides is 4. The Hall–Kier alpha value is -2.19. The summed E-state index contributed by atoms with van der Waals surface area (Å²) in [7, 11) is 0. The minimum absolute atomic E-state index is 0. The van der Waals surface area contributed by atoms with E-state index in [1.807, 2.05) is 12.1 Å². The van der Waals surface area contributed by atoms with Crippen LogP contribution in [0.2, 0.25) is 0 Å². The van der Waals surface area contributed by atoms with Gasteiger partial charge in [0, 0.05) is 32.0 Å². The first-order chi connectivity index (χ1) is 13.0. The number of nitrogens with zero attached hydrogens (tertiary/aromatic N) is 3. The number of hydrogen-bond donors (Lipinski definition) is 2. The van der Waals surface area contributed by atoms with Gasteiger partial charge in [0.15, 0.2) is 0 Å². The van der Waals surface area contributed by atoms with Crippen LogP contribution in [-0.2, 0) is 9.59 Å². The number of urea groups is 1. The largest absolute Gasteiger partial charge is 0.331 e. The topological polar surface area (TPSA) is 94.6 Å². The zero-order valence-corrected chi connectivity index (χ0v) is 16.7. The van der Waals surface area contributed by atoms with Crippen molar-refractivity contribution >= 4 is 30.3 Å². The second-order valence-electron chi connectivity index (χ2n) is 7.61. The summed E-state index contributed by atoms with van der Waals surface area (Å²) in [6.45, 7) is 3.47. The Bertz CT molecular complexity index is 753. The van der Waals surface area contributed by atoms with Crippen molar-refractivity contribution < 1.29 is 14.4 Å². The summed E-state index contributed by atoms with van der Waals surface area (Å²) in [4.78, 5) is 45.8. The lowest BCUT2D eigenvalue weighted by Gasteiger charge is -2.39. The van der Waals surface area contributed by atoms with Gasteiger partial charge in [0.2, 0.25) is 5.91 Å². The molecule has 2 unspecified atom stereocenters. The molecule has 3 aliphatic rings. The molecule has 0 bridgehead atoms. The van der Waals surface area contributed by atoms with E-state index in [4.69, 9.17) is 0 Å². The standard InChI is InChI=1S/C19H25N5O3.ClH/c1-13(24-17(26)19(22-18(24)27)6-2-3-7-19)16(25)23-10-9-21-12-15(23)14-5-4-8-20-11-14;/h4-5,8,11,13,15,21H,2-3,6-7,9-10,12H2,1H3,(H,22,27);1H. The van der Waals surface area contributed by atoms with Crippen molar-refractivity contribution in [3.05, 3.63) is 30.1 Å². The Balaban J connectivity index is 0.00000225. The highest BCUT2D eigenvalue weighted by Crippen LogP contribution is 2.36. The van der Waals surface area contributed by atoms with Crippen LogP contribution in [0, 0.1) is 0 Å². The van der Waals surface area contributed by atoms with Crippen molar-refractivity contribution in [3.8, 4) is 0 Å². The fourth-order valence-electron chi connectivity index (χ4n) is 4.50. The molecule has 152 valence electrons. The molecule has 2 atom stereocenters. The molecule has 3 heterocycles. The number of pyridine rings is 1. The summed E-state index contributed by atoms with van der Waals surface area (Å²) in [5, 5.41) is 6.16. The second kappa shape index (κ2) is 8.05. The molecule has 2 saturated heterocycles. The molecule has 4 amide bonds. The van der Waals surface area contributed by atoms with E-state index in [9.17, 15) is 14.4 Å². The van der Waals surface area contributed by atoms with Gasteiger partial charge in [-0.25, -0.2) is 9.69 Å². The highest BCUT2D eigenvalue weighted by molar-refractivity contribution is 6.10. The van der Waals surface area contributed by atoms with Gasteiger partial charge in [-0.05, 0) is 31.4 Å². The zero-order valence-electron chi connectivity index (χ0n) is 15.9. The molecule has 8 nitrogen and oxygen atoms in total. The molecule has 0 radical (unpaired) electrons. The maximum Gasteiger partial charge on any atom is 0.325 e. The normalized spacial score (nSPS) is 24.8. The molecule has 1 aliphatic carbocycles. The van der Waals surface area contributed by atoms with Gasteiger partial charge >= 0.3 is 6.03 Å². The van der Waals surface area contributed by atoms with Crippen LogP contribution in [0.5, 0.6) is 0 Å². The van der Waals surface area contributed by atoms with Crippen molar-refractivity contribution in [2.75, 3.05) is 19.6 Å². The number of imide groups is 1. The van der Waals surface area contributed by atoms with E-state index >= 15 is 0 Å². The molecule has 2 N–H and O–H groups in total. The highest BCUT2D eigenvalue weighted by atomic mass is 35.5. The maximum absolute atomic E-state index is 13.3. The van der Waals surface area contributed by atoms with E-state index in [1.54, 1.807) is 24.2 Å².